The summed E-state index contributed by atoms with van der Waals surface area (Å²) in [6, 6.07) is 5.96. The maximum Gasteiger partial charge on any atom is 0.205 e. The van der Waals surface area contributed by atoms with E-state index in [0.29, 0.717) is 0 Å². The number of fused-ring (bicyclic) bond motifs is 1. The van der Waals surface area contributed by atoms with E-state index < -0.39 is 0 Å². The van der Waals surface area contributed by atoms with Crippen LogP contribution in [0.2, 0.25) is 5.02 Å². The van der Waals surface area contributed by atoms with Crippen molar-refractivity contribution in [1.82, 2.24) is 24.6 Å². The molecule has 1 aromatic carbocycles. The van der Waals surface area contributed by atoms with Crippen LogP contribution in [-0.2, 0) is 12.8 Å². The van der Waals surface area contributed by atoms with Gasteiger partial charge < -0.3 is 20.1 Å². The Morgan fingerprint density at radius 3 is 2.86 bits per heavy atom. The fourth-order valence-corrected chi connectivity index (χ4v) is 4.60. The number of guanidine groups is 1. The molecular weight excluding hydrogens is 406 g/mol. The molecule has 29 heavy (non-hydrogen) atoms. The Kier molecular flexibility index (Phi) is 6.20. The highest BCUT2D eigenvalue weighted by Crippen LogP contribution is 2.23. The van der Waals surface area contributed by atoms with E-state index in [4.69, 9.17) is 11.6 Å². The average Bonchev–Trinajstić information content (AvgIpc) is 3.38. The lowest BCUT2D eigenvalue weighted by molar-refractivity contribution is 0.372. The second-order valence-electron chi connectivity index (χ2n) is 7.05. The van der Waals surface area contributed by atoms with Crippen molar-refractivity contribution in [2.75, 3.05) is 44.7 Å². The van der Waals surface area contributed by atoms with Crippen molar-refractivity contribution >= 4 is 45.1 Å². The average molecular weight is 432 g/mol. The molecule has 7 nitrogen and oxygen atoms in total. The topological polar surface area (TPSA) is 72.4 Å². The highest BCUT2D eigenvalue weighted by molar-refractivity contribution is 7.09. The van der Waals surface area contributed by atoms with Crippen molar-refractivity contribution in [3.8, 4) is 0 Å². The number of benzene rings is 1. The molecule has 2 N–H and O–H groups in total. The SMILES string of the molecule is CCc1nsc(N2CCN(C(=NC)NCCc3c[nH]c4ccc(Cl)cc34)CC2)n1. The number of hydrogen-bond acceptors (Lipinski definition) is 5. The highest BCUT2D eigenvalue weighted by atomic mass is 35.5. The Morgan fingerprint density at radius 1 is 1.31 bits per heavy atom. The van der Waals surface area contributed by atoms with Gasteiger partial charge >= 0.3 is 0 Å². The molecule has 1 fully saturated rings. The summed E-state index contributed by atoms with van der Waals surface area (Å²) in [4.78, 5) is 17.0. The zero-order valence-electron chi connectivity index (χ0n) is 16.8. The molecule has 0 unspecified atom stereocenters. The van der Waals surface area contributed by atoms with Crippen molar-refractivity contribution in [3.05, 3.63) is 40.8 Å². The summed E-state index contributed by atoms with van der Waals surface area (Å²) in [5, 5.41) is 6.49. The molecule has 1 aliphatic rings. The quantitative estimate of drug-likeness (QED) is 0.479. The number of piperazine rings is 1. The normalized spacial score (nSPS) is 15.3. The minimum Gasteiger partial charge on any atom is -0.361 e. The van der Waals surface area contributed by atoms with E-state index in [1.165, 1.54) is 22.5 Å². The molecule has 4 rings (SSSR count). The first-order chi connectivity index (χ1) is 14.2. The lowest BCUT2D eigenvalue weighted by Crippen LogP contribution is -2.52. The number of aliphatic imine (C=N–C) groups is 1. The standard InChI is InChI=1S/C20H26ClN7S/c1-3-18-25-20(29-26-18)28-10-8-27(9-11-28)19(22-2)23-7-6-14-13-24-17-5-4-15(21)12-16(14)17/h4-5,12-13,24H,3,6-11H2,1-2H3,(H,22,23). The van der Waals surface area contributed by atoms with Crippen LogP contribution in [0.25, 0.3) is 10.9 Å². The number of nitrogens with one attached hydrogen (secondary N) is 2. The van der Waals surface area contributed by atoms with E-state index in [0.717, 1.165) is 73.0 Å². The van der Waals surface area contributed by atoms with Gasteiger partial charge in [0.05, 0.1) is 0 Å². The molecule has 0 spiro atoms. The van der Waals surface area contributed by atoms with Gasteiger partial charge in [-0.1, -0.05) is 18.5 Å². The maximum atomic E-state index is 6.15. The predicted molar refractivity (Wildman–Crippen MR) is 121 cm³/mol. The molecular formula is C20H26ClN7S. The fraction of sp³-hybridized carbons (Fsp3) is 0.450. The number of rotatable bonds is 5. The molecule has 3 aromatic rings. The van der Waals surface area contributed by atoms with Gasteiger partial charge in [-0.3, -0.25) is 4.99 Å². The fourth-order valence-electron chi connectivity index (χ4n) is 3.63. The minimum absolute atomic E-state index is 0.765. The van der Waals surface area contributed by atoms with Gasteiger partial charge in [0.15, 0.2) is 5.96 Å². The monoisotopic (exact) mass is 431 g/mol. The van der Waals surface area contributed by atoms with Gasteiger partial charge in [0.2, 0.25) is 5.13 Å². The van der Waals surface area contributed by atoms with E-state index in [9.17, 15) is 0 Å². The molecule has 3 heterocycles. The molecule has 0 bridgehead atoms. The van der Waals surface area contributed by atoms with E-state index in [1.54, 1.807) is 0 Å². The number of halogens is 1. The predicted octanol–water partition coefficient (Wildman–Crippen LogP) is 3.18. The third-order valence-corrected chi connectivity index (χ3v) is 6.29. The Labute approximate surface area is 180 Å². The molecule has 9 heteroatoms. The first-order valence-electron chi connectivity index (χ1n) is 9.96. The van der Waals surface area contributed by atoms with Crippen LogP contribution in [0.3, 0.4) is 0 Å². The number of aryl methyl sites for hydroxylation is 1. The zero-order valence-corrected chi connectivity index (χ0v) is 18.4. The first kappa shape index (κ1) is 20.0. The molecule has 154 valence electrons. The van der Waals surface area contributed by atoms with Crippen molar-refractivity contribution in [2.45, 2.75) is 19.8 Å². The number of aromatic amines is 1. The van der Waals surface area contributed by atoms with Crippen molar-refractivity contribution in [3.63, 3.8) is 0 Å². The Hall–Kier alpha value is -2.32. The van der Waals surface area contributed by atoms with E-state index in [1.807, 2.05) is 25.2 Å². The van der Waals surface area contributed by atoms with Crippen LogP contribution in [0.15, 0.2) is 29.4 Å². The largest absolute Gasteiger partial charge is 0.361 e. The van der Waals surface area contributed by atoms with E-state index >= 15 is 0 Å². The van der Waals surface area contributed by atoms with Gasteiger partial charge in [-0.15, -0.1) is 0 Å². The van der Waals surface area contributed by atoms with Gasteiger partial charge in [-0.05, 0) is 30.2 Å². The van der Waals surface area contributed by atoms with Crippen LogP contribution in [-0.4, -0.2) is 65.0 Å². The lowest BCUT2D eigenvalue weighted by atomic mass is 10.1. The number of nitrogens with zero attached hydrogens (tertiary/aromatic N) is 5. The summed E-state index contributed by atoms with van der Waals surface area (Å²) < 4.78 is 4.40. The van der Waals surface area contributed by atoms with Crippen LogP contribution in [0.4, 0.5) is 5.13 Å². The van der Waals surface area contributed by atoms with E-state index in [2.05, 4.69) is 47.6 Å². The van der Waals surface area contributed by atoms with Crippen LogP contribution < -0.4 is 10.2 Å². The smallest absolute Gasteiger partial charge is 0.205 e. The van der Waals surface area contributed by atoms with Crippen molar-refractivity contribution in [1.29, 1.82) is 0 Å². The lowest BCUT2D eigenvalue weighted by Gasteiger charge is -2.36. The molecule has 1 aliphatic heterocycles. The second-order valence-corrected chi connectivity index (χ2v) is 8.22. The summed E-state index contributed by atoms with van der Waals surface area (Å²) in [5.74, 6) is 1.89. The first-order valence-corrected chi connectivity index (χ1v) is 11.1. The maximum absolute atomic E-state index is 6.15. The minimum atomic E-state index is 0.765. The third-order valence-electron chi connectivity index (χ3n) is 5.24. The van der Waals surface area contributed by atoms with Crippen LogP contribution >= 0.6 is 23.1 Å². The molecule has 2 aromatic heterocycles. The number of H-pyrrole nitrogens is 1. The Morgan fingerprint density at radius 2 is 2.14 bits per heavy atom. The Balaban J connectivity index is 1.30. The summed E-state index contributed by atoms with van der Waals surface area (Å²) >= 11 is 7.65. The van der Waals surface area contributed by atoms with Gasteiger partial charge in [0.1, 0.15) is 5.82 Å². The molecule has 0 radical (unpaired) electrons. The molecule has 0 aliphatic carbocycles. The molecule has 0 atom stereocenters. The highest BCUT2D eigenvalue weighted by Gasteiger charge is 2.22. The number of hydrogen-bond donors (Lipinski definition) is 2. The molecule has 1 saturated heterocycles. The second kappa shape index (κ2) is 9.00. The van der Waals surface area contributed by atoms with Crippen molar-refractivity contribution < 1.29 is 0 Å². The zero-order chi connectivity index (χ0) is 20.2. The van der Waals surface area contributed by atoms with Gasteiger partial charge in [0, 0.05) is 79.8 Å². The Bertz CT molecular complexity index is 988. The number of anilines is 1. The van der Waals surface area contributed by atoms with Gasteiger partial charge in [-0.2, -0.15) is 4.37 Å². The van der Waals surface area contributed by atoms with Crippen LogP contribution in [0.1, 0.15) is 18.3 Å². The summed E-state index contributed by atoms with van der Waals surface area (Å²) in [6.07, 6.45) is 3.86. The molecule has 0 saturated carbocycles. The van der Waals surface area contributed by atoms with Crippen molar-refractivity contribution in [2.24, 2.45) is 4.99 Å². The van der Waals surface area contributed by atoms with Crippen LogP contribution in [0, 0.1) is 0 Å². The van der Waals surface area contributed by atoms with Gasteiger partial charge in [0.25, 0.3) is 0 Å². The summed E-state index contributed by atoms with van der Waals surface area (Å²) in [6.45, 7) is 6.61. The van der Waals surface area contributed by atoms with Crippen LogP contribution in [0.5, 0.6) is 0 Å². The number of aromatic nitrogens is 3. The van der Waals surface area contributed by atoms with E-state index in [-0.39, 0.29) is 0 Å². The third kappa shape index (κ3) is 4.48. The summed E-state index contributed by atoms with van der Waals surface area (Å²) in [7, 11) is 1.85. The van der Waals surface area contributed by atoms with Gasteiger partial charge in [-0.25, -0.2) is 4.98 Å². The summed E-state index contributed by atoms with van der Waals surface area (Å²) in [5.41, 5.74) is 2.38. The molecule has 0 amide bonds.